The second kappa shape index (κ2) is 9.13. The largest absolute Gasteiger partial charge is 0.322 e. The van der Waals surface area contributed by atoms with Crippen molar-refractivity contribution in [3.05, 3.63) is 88.7 Å². The molecule has 3 heterocycles. The fourth-order valence-corrected chi connectivity index (χ4v) is 4.95. The van der Waals surface area contributed by atoms with Crippen LogP contribution in [0.15, 0.2) is 71.3 Å². The van der Waals surface area contributed by atoms with Crippen LogP contribution in [0, 0.1) is 13.8 Å². The van der Waals surface area contributed by atoms with Gasteiger partial charge in [0.2, 0.25) is 5.16 Å². The van der Waals surface area contributed by atoms with E-state index in [4.69, 9.17) is 0 Å². The topological polar surface area (TPSA) is 85.1 Å². The summed E-state index contributed by atoms with van der Waals surface area (Å²) in [6.07, 6.45) is 1.78. The van der Waals surface area contributed by atoms with Crippen molar-refractivity contribution in [1.82, 2.24) is 24.6 Å². The van der Waals surface area contributed by atoms with Gasteiger partial charge in [-0.25, -0.2) is 14.5 Å². The smallest absolute Gasteiger partial charge is 0.255 e. The van der Waals surface area contributed by atoms with Gasteiger partial charge in [0.1, 0.15) is 5.01 Å². The zero-order valence-electron chi connectivity index (χ0n) is 18.0. The standard InChI is InChI=1S/C24H20N6OS2/c1-15-13-16(2)30-23(26-15)28-24(29-30)33-14-18-5-3-4-6-20(18)21(31)27-19-9-7-17(8-10-19)22-25-11-12-32-22/h3-13H,14H2,1-2H3,(H,27,31). The molecule has 5 aromatic rings. The Morgan fingerprint density at radius 3 is 2.70 bits per heavy atom. The lowest BCUT2D eigenvalue weighted by Crippen LogP contribution is -2.14. The van der Waals surface area contributed by atoms with Crippen molar-refractivity contribution in [3.8, 4) is 10.6 Å². The number of carbonyl (C=O) groups is 1. The summed E-state index contributed by atoms with van der Waals surface area (Å²) in [5.74, 6) is 1.01. The van der Waals surface area contributed by atoms with Crippen LogP contribution >= 0.6 is 23.1 Å². The van der Waals surface area contributed by atoms with Crippen LogP contribution in [0.4, 0.5) is 5.69 Å². The normalized spacial score (nSPS) is 11.1. The molecule has 9 heteroatoms. The zero-order valence-corrected chi connectivity index (χ0v) is 19.7. The van der Waals surface area contributed by atoms with Gasteiger partial charge in [0.05, 0.1) is 0 Å². The first-order valence-electron chi connectivity index (χ1n) is 10.3. The number of aromatic nitrogens is 5. The molecule has 0 spiro atoms. The van der Waals surface area contributed by atoms with Crippen molar-refractivity contribution in [1.29, 1.82) is 0 Å². The van der Waals surface area contributed by atoms with Crippen LogP contribution in [-0.2, 0) is 5.75 Å². The monoisotopic (exact) mass is 472 g/mol. The zero-order chi connectivity index (χ0) is 22.8. The first-order valence-corrected chi connectivity index (χ1v) is 12.2. The van der Waals surface area contributed by atoms with Crippen molar-refractivity contribution in [2.24, 2.45) is 0 Å². The highest BCUT2D eigenvalue weighted by molar-refractivity contribution is 7.98. The number of thioether (sulfide) groups is 1. The summed E-state index contributed by atoms with van der Waals surface area (Å²) in [4.78, 5) is 26.3. The Morgan fingerprint density at radius 1 is 1.09 bits per heavy atom. The van der Waals surface area contributed by atoms with E-state index in [0.29, 0.717) is 22.3 Å². The van der Waals surface area contributed by atoms with Crippen molar-refractivity contribution >= 4 is 40.5 Å². The number of nitrogens with zero attached hydrogens (tertiary/aromatic N) is 5. The van der Waals surface area contributed by atoms with Gasteiger partial charge in [0.25, 0.3) is 11.7 Å². The maximum absolute atomic E-state index is 13.0. The Balaban J connectivity index is 1.30. The number of benzene rings is 2. The van der Waals surface area contributed by atoms with Crippen LogP contribution in [0.25, 0.3) is 16.3 Å². The molecule has 0 bridgehead atoms. The molecule has 0 fully saturated rings. The molecule has 0 saturated heterocycles. The molecule has 5 rings (SSSR count). The Morgan fingerprint density at radius 2 is 1.91 bits per heavy atom. The third kappa shape index (κ3) is 4.64. The fourth-order valence-electron chi connectivity index (χ4n) is 3.48. The van der Waals surface area contributed by atoms with Gasteiger partial charge in [-0.2, -0.15) is 4.98 Å². The number of hydrogen-bond donors (Lipinski definition) is 1. The summed E-state index contributed by atoms with van der Waals surface area (Å²) < 4.78 is 1.74. The van der Waals surface area contributed by atoms with Gasteiger partial charge in [0.15, 0.2) is 0 Å². The first-order chi connectivity index (χ1) is 16.1. The summed E-state index contributed by atoms with van der Waals surface area (Å²) in [6, 6.07) is 17.3. The predicted octanol–water partition coefficient (Wildman–Crippen LogP) is 5.41. The SMILES string of the molecule is Cc1cc(C)n2nc(SCc3ccccc3C(=O)Nc3ccc(-c4nccs4)cc3)nc2n1. The molecular formula is C24H20N6OS2. The summed E-state index contributed by atoms with van der Waals surface area (Å²) >= 11 is 3.07. The van der Waals surface area contributed by atoms with E-state index in [0.717, 1.165) is 33.2 Å². The third-order valence-corrected chi connectivity index (χ3v) is 6.75. The molecule has 0 aliphatic carbocycles. The summed E-state index contributed by atoms with van der Waals surface area (Å²) in [5.41, 5.74) is 5.20. The lowest BCUT2D eigenvalue weighted by molar-refractivity contribution is 0.102. The number of anilines is 1. The van der Waals surface area contributed by atoms with Crippen LogP contribution in [0.3, 0.4) is 0 Å². The third-order valence-electron chi connectivity index (χ3n) is 5.04. The van der Waals surface area contributed by atoms with Crippen molar-refractivity contribution in [3.63, 3.8) is 0 Å². The summed E-state index contributed by atoms with van der Waals surface area (Å²) in [5, 5.41) is 11.1. The minimum Gasteiger partial charge on any atom is -0.322 e. The number of rotatable bonds is 6. The Bertz CT molecular complexity index is 1430. The Labute approximate surface area is 199 Å². The van der Waals surface area contributed by atoms with Crippen molar-refractivity contribution in [2.45, 2.75) is 24.8 Å². The molecule has 0 aliphatic heterocycles. The van der Waals surface area contributed by atoms with E-state index in [1.54, 1.807) is 22.0 Å². The molecule has 2 aromatic carbocycles. The molecule has 1 amide bonds. The van der Waals surface area contributed by atoms with E-state index in [2.05, 4.69) is 25.4 Å². The Kier molecular flexibility index (Phi) is 5.89. The molecule has 0 aliphatic rings. The van der Waals surface area contributed by atoms with Gasteiger partial charge in [-0.05, 0) is 55.8 Å². The average Bonchev–Trinajstić information content (AvgIpc) is 3.49. The maximum Gasteiger partial charge on any atom is 0.255 e. The predicted molar refractivity (Wildman–Crippen MR) is 132 cm³/mol. The van der Waals surface area contributed by atoms with E-state index < -0.39 is 0 Å². The average molecular weight is 473 g/mol. The minimum atomic E-state index is -0.149. The van der Waals surface area contributed by atoms with E-state index in [1.807, 2.05) is 73.8 Å². The van der Waals surface area contributed by atoms with Crippen LogP contribution in [0.1, 0.15) is 27.3 Å². The molecule has 0 radical (unpaired) electrons. The molecule has 1 N–H and O–H groups in total. The number of hydrogen-bond acceptors (Lipinski definition) is 7. The van der Waals surface area contributed by atoms with Crippen LogP contribution in [0.5, 0.6) is 0 Å². The van der Waals surface area contributed by atoms with E-state index in [9.17, 15) is 4.79 Å². The molecule has 0 saturated carbocycles. The quantitative estimate of drug-likeness (QED) is 0.333. The first kappa shape index (κ1) is 21.3. The number of aryl methyl sites for hydroxylation is 2. The number of thiazole rings is 1. The number of fused-ring (bicyclic) bond motifs is 1. The minimum absolute atomic E-state index is 0.149. The van der Waals surface area contributed by atoms with Gasteiger partial charge in [-0.1, -0.05) is 30.0 Å². The molecule has 7 nitrogen and oxygen atoms in total. The highest BCUT2D eigenvalue weighted by Gasteiger charge is 2.14. The molecule has 3 aromatic heterocycles. The molecule has 0 atom stereocenters. The molecular weight excluding hydrogens is 452 g/mol. The highest BCUT2D eigenvalue weighted by atomic mass is 32.2. The lowest BCUT2D eigenvalue weighted by Gasteiger charge is -2.10. The van der Waals surface area contributed by atoms with Gasteiger partial charge < -0.3 is 5.32 Å². The van der Waals surface area contributed by atoms with Crippen LogP contribution in [-0.4, -0.2) is 30.5 Å². The lowest BCUT2D eigenvalue weighted by atomic mass is 10.1. The van der Waals surface area contributed by atoms with Gasteiger partial charge in [0, 0.05) is 45.5 Å². The number of amides is 1. The van der Waals surface area contributed by atoms with Gasteiger partial charge >= 0.3 is 0 Å². The van der Waals surface area contributed by atoms with Crippen LogP contribution < -0.4 is 5.32 Å². The van der Waals surface area contributed by atoms with Gasteiger partial charge in [-0.15, -0.1) is 16.4 Å². The van der Waals surface area contributed by atoms with Crippen LogP contribution in [0.2, 0.25) is 0 Å². The number of nitrogens with one attached hydrogen (secondary N) is 1. The fraction of sp³-hybridized carbons (Fsp3) is 0.125. The Hall–Kier alpha value is -3.56. The number of carbonyl (C=O) groups excluding carboxylic acids is 1. The second-order valence-electron chi connectivity index (χ2n) is 7.46. The van der Waals surface area contributed by atoms with E-state index in [1.165, 1.54) is 11.8 Å². The molecule has 0 unspecified atom stereocenters. The highest BCUT2D eigenvalue weighted by Crippen LogP contribution is 2.25. The van der Waals surface area contributed by atoms with Crippen molar-refractivity contribution < 1.29 is 4.79 Å². The molecule has 164 valence electrons. The van der Waals surface area contributed by atoms with E-state index >= 15 is 0 Å². The molecule has 33 heavy (non-hydrogen) atoms. The maximum atomic E-state index is 13.0. The summed E-state index contributed by atoms with van der Waals surface area (Å²) in [7, 11) is 0. The second-order valence-corrected chi connectivity index (χ2v) is 9.30. The van der Waals surface area contributed by atoms with Gasteiger partial charge in [-0.3, -0.25) is 4.79 Å². The van der Waals surface area contributed by atoms with Crippen molar-refractivity contribution in [2.75, 3.05) is 5.32 Å². The summed E-state index contributed by atoms with van der Waals surface area (Å²) in [6.45, 7) is 3.92. The van der Waals surface area contributed by atoms with E-state index in [-0.39, 0.29) is 5.91 Å².